The van der Waals surface area contributed by atoms with E-state index in [0.717, 1.165) is 6.42 Å². The lowest BCUT2D eigenvalue weighted by molar-refractivity contribution is -0.150. The molecule has 0 unspecified atom stereocenters. The molecule has 2 N–H and O–H groups in total. The molecule has 0 radical (unpaired) electrons. The smallest absolute Gasteiger partial charge is 0.264 e. The van der Waals surface area contributed by atoms with Crippen LogP contribution in [0.2, 0.25) is 0 Å². The molecule has 0 saturated carbocycles. The van der Waals surface area contributed by atoms with Gasteiger partial charge in [-0.3, -0.25) is 14.4 Å². The molecule has 0 aromatic heterocycles. The molecule has 0 bridgehead atoms. The van der Waals surface area contributed by atoms with E-state index in [4.69, 9.17) is 9.47 Å². The first kappa shape index (κ1) is 30.7. The molecule has 2 saturated heterocycles. The summed E-state index contributed by atoms with van der Waals surface area (Å²) < 4.78 is 27.8. The summed E-state index contributed by atoms with van der Waals surface area (Å²) in [5.74, 6) is -1.74. The van der Waals surface area contributed by atoms with Crippen LogP contribution in [0.25, 0.3) is 0 Å². The maximum Gasteiger partial charge on any atom is 0.264 e. The van der Waals surface area contributed by atoms with Crippen LogP contribution in [0.4, 0.5) is 15.8 Å². The third-order valence-corrected chi connectivity index (χ3v) is 9.17. The average Bonchev–Trinajstić information content (AvgIpc) is 3.63. The third kappa shape index (κ3) is 5.31. The molecule has 0 aliphatic carbocycles. The van der Waals surface area contributed by atoms with E-state index in [1.807, 2.05) is 0 Å². The zero-order valence-electron chi connectivity index (χ0n) is 25.1. The van der Waals surface area contributed by atoms with Gasteiger partial charge >= 0.3 is 0 Å². The Hall–Kier alpha value is -3.76. The van der Waals surface area contributed by atoms with E-state index < -0.39 is 29.2 Å². The van der Waals surface area contributed by atoms with E-state index in [1.165, 1.54) is 13.8 Å². The first-order valence-electron chi connectivity index (χ1n) is 14.8. The molecule has 5 atom stereocenters. The second kappa shape index (κ2) is 11.7. The standard InChI is InChI=1S/C33H40FN3O6/c1-6-15-37-26-14-11-22(35-30(40)21-9-12-24(42-5)13-10-21)17-25(26)33(31(37)41)20(2)29(32(3,4)34)27(43-33)18-28(39)36-16-7-8-23(36)19-38/h6,9-14,17,20,23,27,29,38H,1,7-8,15-16,18-19H2,2-5H3,(H,35,40)/t20-,23-,27+,29-,33+/m0/s1. The van der Waals surface area contributed by atoms with Gasteiger partial charge in [0.2, 0.25) is 5.91 Å². The van der Waals surface area contributed by atoms with Crippen molar-refractivity contribution in [3.8, 4) is 5.75 Å². The number of aliphatic hydroxyl groups excluding tert-OH is 1. The third-order valence-electron chi connectivity index (χ3n) is 9.17. The summed E-state index contributed by atoms with van der Waals surface area (Å²) in [4.78, 5) is 44.0. The number of nitrogens with one attached hydrogen (secondary N) is 1. The van der Waals surface area contributed by atoms with Crippen LogP contribution in [0, 0.1) is 11.8 Å². The van der Waals surface area contributed by atoms with Crippen molar-refractivity contribution < 1.29 is 33.4 Å². The number of fused-ring (bicyclic) bond motifs is 2. The number of carbonyl (C=O) groups excluding carboxylic acids is 3. The SMILES string of the molecule is C=CCN1C(=O)[C@]2(O[C@H](CC(=O)N3CCC[C@H]3CO)[C@@H](C(C)(C)F)[C@@H]2C)c2cc(NC(=O)c3ccc(OC)cc3)ccc21. The fourth-order valence-corrected chi connectivity index (χ4v) is 7.22. The Bertz CT molecular complexity index is 1410. The summed E-state index contributed by atoms with van der Waals surface area (Å²) >= 11 is 0. The number of benzene rings is 2. The molecule has 10 heteroatoms. The number of methoxy groups -OCH3 is 1. The predicted octanol–water partition coefficient (Wildman–Crippen LogP) is 4.45. The molecule has 43 heavy (non-hydrogen) atoms. The number of alkyl halides is 1. The Balaban J connectivity index is 1.51. The minimum atomic E-state index is -1.78. The number of likely N-dealkylation sites (tertiary alicyclic amines) is 1. The summed E-state index contributed by atoms with van der Waals surface area (Å²) in [6, 6.07) is 11.6. The highest BCUT2D eigenvalue weighted by Gasteiger charge is 2.66. The van der Waals surface area contributed by atoms with E-state index in [9.17, 15) is 19.5 Å². The molecule has 5 rings (SSSR count). The molecule has 1 spiro atoms. The highest BCUT2D eigenvalue weighted by molar-refractivity contribution is 6.09. The summed E-state index contributed by atoms with van der Waals surface area (Å²) in [6.07, 6.45) is 2.10. The quantitative estimate of drug-likeness (QED) is 0.416. The molecule has 3 aliphatic rings. The molecule has 2 aromatic carbocycles. The van der Waals surface area contributed by atoms with Crippen LogP contribution in [0.5, 0.6) is 5.75 Å². The Labute approximate surface area is 251 Å². The lowest BCUT2D eigenvalue weighted by atomic mass is 9.71. The van der Waals surface area contributed by atoms with E-state index in [2.05, 4.69) is 11.9 Å². The number of hydrogen-bond donors (Lipinski definition) is 2. The Morgan fingerprint density at radius 3 is 2.60 bits per heavy atom. The number of anilines is 2. The first-order chi connectivity index (χ1) is 20.5. The van der Waals surface area contributed by atoms with Crippen molar-refractivity contribution in [1.29, 1.82) is 0 Å². The number of carbonyl (C=O) groups is 3. The van der Waals surface area contributed by atoms with Gasteiger partial charge in [0.15, 0.2) is 5.60 Å². The number of hydrogen-bond acceptors (Lipinski definition) is 6. The number of ether oxygens (including phenoxy) is 2. The molecule has 2 aromatic rings. The number of aliphatic hydroxyl groups is 1. The van der Waals surface area contributed by atoms with Crippen LogP contribution < -0.4 is 15.0 Å². The predicted molar refractivity (Wildman–Crippen MR) is 161 cm³/mol. The van der Waals surface area contributed by atoms with Gasteiger partial charge in [0, 0.05) is 41.7 Å². The molecule has 3 aliphatic heterocycles. The first-order valence-corrected chi connectivity index (χ1v) is 14.8. The van der Waals surface area contributed by atoms with Crippen LogP contribution in [0.3, 0.4) is 0 Å². The molecular weight excluding hydrogens is 553 g/mol. The maximum atomic E-state index is 16.0. The summed E-state index contributed by atoms with van der Waals surface area (Å²) in [5.41, 5.74) is -1.38. The number of halogens is 1. The Morgan fingerprint density at radius 1 is 1.26 bits per heavy atom. The normalized spacial score (nSPS) is 26.6. The largest absolute Gasteiger partial charge is 0.497 e. The van der Waals surface area contributed by atoms with E-state index >= 15 is 4.39 Å². The molecule has 9 nitrogen and oxygen atoms in total. The van der Waals surface area contributed by atoms with Gasteiger partial charge in [-0.05, 0) is 69.2 Å². The molecular formula is C33H40FN3O6. The van der Waals surface area contributed by atoms with Gasteiger partial charge in [-0.2, -0.15) is 0 Å². The lowest BCUT2D eigenvalue weighted by Crippen LogP contribution is -2.45. The van der Waals surface area contributed by atoms with Crippen molar-refractivity contribution in [2.24, 2.45) is 11.8 Å². The Morgan fingerprint density at radius 2 is 1.98 bits per heavy atom. The average molecular weight is 594 g/mol. The zero-order chi connectivity index (χ0) is 31.1. The van der Waals surface area contributed by atoms with Crippen molar-refractivity contribution in [2.45, 2.75) is 63.4 Å². The van der Waals surface area contributed by atoms with Crippen molar-refractivity contribution in [3.05, 3.63) is 66.2 Å². The van der Waals surface area contributed by atoms with Gasteiger partial charge in [0.1, 0.15) is 11.4 Å². The lowest BCUT2D eigenvalue weighted by Gasteiger charge is -2.32. The van der Waals surface area contributed by atoms with Crippen LogP contribution in [0.15, 0.2) is 55.1 Å². The van der Waals surface area contributed by atoms with Crippen molar-refractivity contribution in [2.75, 3.05) is 37.0 Å². The Kier molecular flexibility index (Phi) is 8.37. The van der Waals surface area contributed by atoms with Crippen LogP contribution in [0.1, 0.15) is 56.0 Å². The van der Waals surface area contributed by atoms with Crippen molar-refractivity contribution in [3.63, 3.8) is 0 Å². The highest BCUT2D eigenvalue weighted by atomic mass is 19.1. The summed E-state index contributed by atoms with van der Waals surface area (Å²) in [6.45, 7) is 9.10. The van der Waals surface area contributed by atoms with Crippen LogP contribution >= 0.6 is 0 Å². The van der Waals surface area contributed by atoms with Gasteiger partial charge in [0.05, 0.1) is 38.0 Å². The maximum absolute atomic E-state index is 16.0. The number of rotatable bonds is 9. The van der Waals surface area contributed by atoms with Crippen LogP contribution in [-0.4, -0.2) is 72.3 Å². The van der Waals surface area contributed by atoms with Crippen LogP contribution in [-0.2, 0) is 19.9 Å². The highest BCUT2D eigenvalue weighted by Crippen LogP contribution is 2.58. The fourth-order valence-electron chi connectivity index (χ4n) is 7.22. The number of nitrogens with zero attached hydrogens (tertiary/aromatic N) is 2. The summed E-state index contributed by atoms with van der Waals surface area (Å²) in [7, 11) is 1.55. The zero-order valence-corrected chi connectivity index (χ0v) is 25.1. The van der Waals surface area contributed by atoms with Gasteiger partial charge < -0.3 is 29.7 Å². The molecule has 3 heterocycles. The van der Waals surface area contributed by atoms with E-state index in [-0.39, 0.29) is 43.3 Å². The van der Waals surface area contributed by atoms with Gasteiger partial charge in [-0.25, -0.2) is 4.39 Å². The van der Waals surface area contributed by atoms with E-state index in [0.29, 0.717) is 41.2 Å². The number of amides is 3. The summed E-state index contributed by atoms with van der Waals surface area (Å²) in [5, 5.41) is 12.7. The second-order valence-electron chi connectivity index (χ2n) is 12.2. The minimum absolute atomic E-state index is 0.113. The molecule has 2 fully saturated rings. The van der Waals surface area contributed by atoms with Crippen molar-refractivity contribution >= 4 is 29.1 Å². The van der Waals surface area contributed by atoms with Gasteiger partial charge in [0.25, 0.3) is 11.8 Å². The van der Waals surface area contributed by atoms with E-state index in [1.54, 1.807) is 72.4 Å². The van der Waals surface area contributed by atoms with Gasteiger partial charge in [-0.1, -0.05) is 13.0 Å². The fraction of sp³-hybridized carbons (Fsp3) is 0.485. The van der Waals surface area contributed by atoms with Crippen molar-refractivity contribution in [1.82, 2.24) is 4.90 Å². The monoisotopic (exact) mass is 593 g/mol. The second-order valence-corrected chi connectivity index (χ2v) is 12.2. The molecule has 3 amide bonds. The topological polar surface area (TPSA) is 108 Å². The minimum Gasteiger partial charge on any atom is -0.497 e. The molecule has 230 valence electrons. The van der Waals surface area contributed by atoms with Gasteiger partial charge in [-0.15, -0.1) is 6.58 Å².